The third kappa shape index (κ3) is 3.08. The lowest BCUT2D eigenvalue weighted by Crippen LogP contribution is -2.27. The Labute approximate surface area is 94.8 Å². The van der Waals surface area contributed by atoms with Gasteiger partial charge in [-0.05, 0) is 19.1 Å². The van der Waals surface area contributed by atoms with Gasteiger partial charge in [-0.25, -0.2) is 0 Å². The van der Waals surface area contributed by atoms with Gasteiger partial charge in [0.1, 0.15) is 6.54 Å². The van der Waals surface area contributed by atoms with Crippen LogP contribution in [0.5, 0.6) is 0 Å². The van der Waals surface area contributed by atoms with Crippen LogP contribution >= 0.6 is 0 Å². The SMILES string of the molecule is CCOC(=O)CN(C)c1ccccc1C=O. The van der Waals surface area contributed by atoms with Gasteiger partial charge in [0.15, 0.2) is 6.29 Å². The van der Waals surface area contributed by atoms with Crippen molar-refractivity contribution in [2.45, 2.75) is 6.92 Å². The molecule has 0 amide bonds. The summed E-state index contributed by atoms with van der Waals surface area (Å²) in [4.78, 5) is 23.8. The van der Waals surface area contributed by atoms with Gasteiger partial charge in [0.25, 0.3) is 0 Å². The first kappa shape index (κ1) is 12.2. The Morgan fingerprint density at radius 1 is 1.44 bits per heavy atom. The van der Waals surface area contributed by atoms with E-state index in [9.17, 15) is 9.59 Å². The fraction of sp³-hybridized carbons (Fsp3) is 0.333. The quantitative estimate of drug-likeness (QED) is 0.558. The zero-order valence-electron chi connectivity index (χ0n) is 9.47. The number of likely N-dealkylation sites (N-methyl/N-ethyl adjacent to an activating group) is 1. The topological polar surface area (TPSA) is 46.6 Å². The molecule has 0 aliphatic rings. The van der Waals surface area contributed by atoms with Crippen molar-refractivity contribution in [3.05, 3.63) is 29.8 Å². The van der Waals surface area contributed by atoms with Crippen LogP contribution in [0.4, 0.5) is 5.69 Å². The first-order valence-corrected chi connectivity index (χ1v) is 5.10. The van der Waals surface area contributed by atoms with Crippen molar-refractivity contribution in [3.63, 3.8) is 0 Å². The standard InChI is InChI=1S/C12H15NO3/c1-3-16-12(15)8-13(2)11-7-5-4-6-10(11)9-14/h4-7,9H,3,8H2,1-2H3. The van der Waals surface area contributed by atoms with Crippen molar-refractivity contribution in [1.29, 1.82) is 0 Å². The second-order valence-electron chi connectivity index (χ2n) is 3.34. The molecule has 0 fully saturated rings. The van der Waals surface area contributed by atoms with Gasteiger partial charge in [0.05, 0.1) is 6.61 Å². The molecule has 0 spiro atoms. The predicted molar refractivity (Wildman–Crippen MR) is 61.7 cm³/mol. The van der Waals surface area contributed by atoms with Gasteiger partial charge in [-0.1, -0.05) is 12.1 Å². The first-order chi connectivity index (χ1) is 7.69. The minimum atomic E-state index is -0.300. The van der Waals surface area contributed by atoms with Crippen LogP contribution in [0.2, 0.25) is 0 Å². The normalized spacial score (nSPS) is 9.62. The third-order valence-corrected chi connectivity index (χ3v) is 2.15. The number of benzene rings is 1. The molecule has 0 saturated carbocycles. The summed E-state index contributed by atoms with van der Waals surface area (Å²) < 4.78 is 4.84. The van der Waals surface area contributed by atoms with Gasteiger partial charge in [-0.3, -0.25) is 9.59 Å². The summed E-state index contributed by atoms with van der Waals surface area (Å²) in [6.45, 7) is 2.26. The fourth-order valence-corrected chi connectivity index (χ4v) is 1.42. The molecule has 0 aromatic heterocycles. The van der Waals surface area contributed by atoms with E-state index in [4.69, 9.17) is 4.74 Å². The number of ether oxygens (including phenoxy) is 1. The molecule has 0 radical (unpaired) electrons. The molecule has 0 aliphatic carbocycles. The second-order valence-corrected chi connectivity index (χ2v) is 3.34. The molecule has 1 aromatic rings. The van der Waals surface area contributed by atoms with Gasteiger partial charge in [-0.15, -0.1) is 0 Å². The van der Waals surface area contributed by atoms with Crippen LogP contribution in [0.15, 0.2) is 24.3 Å². The van der Waals surface area contributed by atoms with E-state index in [0.29, 0.717) is 12.2 Å². The molecular weight excluding hydrogens is 206 g/mol. The van der Waals surface area contributed by atoms with Crippen LogP contribution < -0.4 is 4.90 Å². The van der Waals surface area contributed by atoms with E-state index in [0.717, 1.165) is 12.0 Å². The fourth-order valence-electron chi connectivity index (χ4n) is 1.42. The minimum absolute atomic E-state index is 0.138. The average molecular weight is 221 g/mol. The second kappa shape index (κ2) is 5.90. The molecule has 0 bridgehead atoms. The number of para-hydroxylation sites is 1. The Morgan fingerprint density at radius 3 is 2.75 bits per heavy atom. The zero-order chi connectivity index (χ0) is 12.0. The molecule has 1 rings (SSSR count). The van der Waals surface area contributed by atoms with Gasteiger partial charge >= 0.3 is 5.97 Å². The van der Waals surface area contributed by atoms with Gasteiger partial charge in [-0.2, -0.15) is 0 Å². The van der Waals surface area contributed by atoms with E-state index in [1.165, 1.54) is 0 Å². The Balaban J connectivity index is 2.75. The number of esters is 1. The van der Waals surface area contributed by atoms with Crippen molar-refractivity contribution >= 4 is 17.9 Å². The summed E-state index contributed by atoms with van der Waals surface area (Å²) in [6, 6.07) is 7.11. The number of hydrogen-bond acceptors (Lipinski definition) is 4. The summed E-state index contributed by atoms with van der Waals surface area (Å²) in [6.07, 6.45) is 0.775. The summed E-state index contributed by atoms with van der Waals surface area (Å²) in [5.41, 5.74) is 1.29. The lowest BCUT2D eigenvalue weighted by atomic mass is 10.2. The van der Waals surface area contributed by atoms with E-state index in [2.05, 4.69) is 0 Å². The molecule has 16 heavy (non-hydrogen) atoms. The molecule has 4 nitrogen and oxygen atoms in total. The lowest BCUT2D eigenvalue weighted by molar-refractivity contribution is -0.141. The largest absolute Gasteiger partial charge is 0.465 e. The van der Waals surface area contributed by atoms with Gasteiger partial charge in [0, 0.05) is 18.3 Å². The number of rotatable bonds is 5. The molecular formula is C12H15NO3. The van der Waals surface area contributed by atoms with E-state index in [-0.39, 0.29) is 12.5 Å². The number of nitrogens with zero attached hydrogens (tertiary/aromatic N) is 1. The number of aldehydes is 1. The maximum atomic E-state index is 11.3. The maximum absolute atomic E-state index is 11.3. The molecule has 86 valence electrons. The van der Waals surface area contributed by atoms with Crippen molar-refractivity contribution in [2.75, 3.05) is 25.1 Å². The highest BCUT2D eigenvalue weighted by Crippen LogP contribution is 2.16. The molecule has 0 unspecified atom stereocenters. The summed E-state index contributed by atoms with van der Waals surface area (Å²) >= 11 is 0. The van der Waals surface area contributed by atoms with Crippen LogP contribution in [0.25, 0.3) is 0 Å². The Bertz CT molecular complexity index is 376. The highest BCUT2D eigenvalue weighted by atomic mass is 16.5. The molecule has 0 heterocycles. The number of hydrogen-bond donors (Lipinski definition) is 0. The molecule has 1 aromatic carbocycles. The Kier molecular flexibility index (Phi) is 4.51. The van der Waals surface area contributed by atoms with Crippen LogP contribution in [0.3, 0.4) is 0 Å². The maximum Gasteiger partial charge on any atom is 0.325 e. The van der Waals surface area contributed by atoms with E-state index in [1.54, 1.807) is 37.1 Å². The van der Waals surface area contributed by atoms with E-state index in [1.807, 2.05) is 6.07 Å². The third-order valence-electron chi connectivity index (χ3n) is 2.15. The zero-order valence-corrected chi connectivity index (χ0v) is 9.47. The van der Waals surface area contributed by atoms with Crippen molar-refractivity contribution in [1.82, 2.24) is 0 Å². The van der Waals surface area contributed by atoms with Crippen LogP contribution in [0.1, 0.15) is 17.3 Å². The monoisotopic (exact) mass is 221 g/mol. The summed E-state index contributed by atoms with van der Waals surface area (Å²) in [5.74, 6) is -0.300. The molecule has 4 heteroatoms. The smallest absolute Gasteiger partial charge is 0.325 e. The van der Waals surface area contributed by atoms with E-state index < -0.39 is 0 Å². The van der Waals surface area contributed by atoms with Crippen molar-refractivity contribution in [3.8, 4) is 0 Å². The number of carbonyl (C=O) groups excluding carboxylic acids is 2. The Morgan fingerprint density at radius 2 is 2.12 bits per heavy atom. The first-order valence-electron chi connectivity index (χ1n) is 5.10. The predicted octanol–water partition coefficient (Wildman–Crippen LogP) is 1.50. The van der Waals surface area contributed by atoms with Crippen LogP contribution in [-0.2, 0) is 9.53 Å². The molecule has 0 saturated heterocycles. The summed E-state index contributed by atoms with van der Waals surface area (Å²) in [5, 5.41) is 0. The molecule has 0 N–H and O–H groups in total. The molecule has 0 aliphatic heterocycles. The summed E-state index contributed by atoms with van der Waals surface area (Å²) in [7, 11) is 1.75. The number of anilines is 1. The lowest BCUT2D eigenvalue weighted by Gasteiger charge is -2.19. The average Bonchev–Trinajstić information content (AvgIpc) is 2.29. The highest BCUT2D eigenvalue weighted by Gasteiger charge is 2.10. The Hall–Kier alpha value is -1.84. The van der Waals surface area contributed by atoms with Crippen molar-refractivity contribution in [2.24, 2.45) is 0 Å². The van der Waals surface area contributed by atoms with Gasteiger partial charge < -0.3 is 9.64 Å². The van der Waals surface area contributed by atoms with Gasteiger partial charge in [0.2, 0.25) is 0 Å². The van der Waals surface area contributed by atoms with E-state index >= 15 is 0 Å². The number of carbonyl (C=O) groups is 2. The molecule has 0 atom stereocenters. The minimum Gasteiger partial charge on any atom is -0.465 e. The van der Waals surface area contributed by atoms with Crippen LogP contribution in [0, 0.1) is 0 Å². The highest BCUT2D eigenvalue weighted by molar-refractivity contribution is 5.86. The van der Waals surface area contributed by atoms with Crippen molar-refractivity contribution < 1.29 is 14.3 Å². The van der Waals surface area contributed by atoms with Crippen LogP contribution in [-0.4, -0.2) is 32.5 Å².